The third kappa shape index (κ3) is 5.44. The number of carboxylic acid groups (broad SMARTS) is 1. The molecule has 0 radical (unpaired) electrons. The van der Waals surface area contributed by atoms with Crippen molar-refractivity contribution in [3.05, 3.63) is 24.3 Å². The molecule has 1 amide bonds. The Morgan fingerprint density at radius 3 is 2.77 bits per heavy atom. The van der Waals surface area contributed by atoms with Crippen LogP contribution in [0.15, 0.2) is 24.3 Å². The second kappa shape index (κ2) is 9.54. The Kier molecular flexibility index (Phi) is 7.41. The summed E-state index contributed by atoms with van der Waals surface area (Å²) >= 11 is 0. The van der Waals surface area contributed by atoms with Crippen LogP contribution >= 0.6 is 0 Å². The minimum atomic E-state index is -0.807. The first-order valence-corrected chi connectivity index (χ1v) is 9.02. The lowest BCUT2D eigenvalue weighted by Gasteiger charge is -2.28. The summed E-state index contributed by atoms with van der Waals surface area (Å²) in [5.74, 6) is -0.232. The minimum Gasteiger partial charge on any atom is -0.495 e. The van der Waals surface area contributed by atoms with Crippen molar-refractivity contribution in [3.63, 3.8) is 0 Å². The number of rotatable bonds is 7. The van der Waals surface area contributed by atoms with Crippen LogP contribution in [0.5, 0.6) is 5.75 Å². The summed E-state index contributed by atoms with van der Waals surface area (Å²) in [6, 6.07) is 7.33. The van der Waals surface area contributed by atoms with Gasteiger partial charge in [0.05, 0.1) is 25.4 Å². The van der Waals surface area contributed by atoms with Gasteiger partial charge in [0.25, 0.3) is 0 Å². The molecule has 1 heterocycles. The third-order valence-corrected chi connectivity index (χ3v) is 5.03. The lowest BCUT2D eigenvalue weighted by atomic mass is 10.1. The number of likely N-dealkylation sites (N-methyl/N-ethyl adjacent to an activating group) is 1. The van der Waals surface area contributed by atoms with Gasteiger partial charge < -0.3 is 15.2 Å². The Morgan fingerprint density at radius 2 is 2.08 bits per heavy atom. The first-order valence-electron chi connectivity index (χ1n) is 9.02. The van der Waals surface area contributed by atoms with Crippen LogP contribution in [0.1, 0.15) is 26.2 Å². The summed E-state index contributed by atoms with van der Waals surface area (Å²) in [5, 5.41) is 11.9. The van der Waals surface area contributed by atoms with Crippen molar-refractivity contribution in [2.24, 2.45) is 0 Å². The normalized spacial score (nSPS) is 19.6. The molecule has 0 bridgehead atoms. The van der Waals surface area contributed by atoms with Gasteiger partial charge in [-0.2, -0.15) is 0 Å². The summed E-state index contributed by atoms with van der Waals surface area (Å²) in [6.45, 7) is 3.56. The number of carbonyl (C=O) groups excluding carboxylic acids is 1. The van der Waals surface area contributed by atoms with Gasteiger partial charge in [-0.1, -0.05) is 12.1 Å². The summed E-state index contributed by atoms with van der Waals surface area (Å²) < 4.78 is 5.28. The van der Waals surface area contributed by atoms with E-state index in [1.807, 2.05) is 43.1 Å². The second-order valence-corrected chi connectivity index (χ2v) is 6.80. The van der Waals surface area contributed by atoms with Crippen LogP contribution in [0.25, 0.3) is 0 Å². The van der Waals surface area contributed by atoms with Crippen molar-refractivity contribution < 1.29 is 19.4 Å². The maximum atomic E-state index is 12.7. The average molecular weight is 363 g/mol. The van der Waals surface area contributed by atoms with Gasteiger partial charge in [0.1, 0.15) is 5.75 Å². The summed E-state index contributed by atoms with van der Waals surface area (Å²) in [5.41, 5.74) is 0.667. The standard InChI is InChI=1S/C19H29N3O4/c1-14(19(25)20-16-8-4-5-9-17(16)26-3)22-11-6-7-15(10-12-22)21(2)13-18(23)24/h4-5,8-9,14-15H,6-7,10-13H2,1-3H3,(H,20,25)(H,23,24). The van der Waals surface area contributed by atoms with Crippen LogP contribution in [0.3, 0.4) is 0 Å². The van der Waals surface area contributed by atoms with Crippen LogP contribution in [0.4, 0.5) is 5.69 Å². The van der Waals surface area contributed by atoms with Crippen LogP contribution in [0.2, 0.25) is 0 Å². The molecular formula is C19H29N3O4. The fraction of sp³-hybridized carbons (Fsp3) is 0.579. The smallest absolute Gasteiger partial charge is 0.317 e. The molecule has 1 aromatic rings. The molecule has 7 heteroatoms. The summed E-state index contributed by atoms with van der Waals surface area (Å²) in [7, 11) is 3.43. The molecule has 0 saturated carbocycles. The van der Waals surface area contributed by atoms with E-state index in [-0.39, 0.29) is 24.5 Å². The monoisotopic (exact) mass is 363 g/mol. The number of anilines is 1. The van der Waals surface area contributed by atoms with E-state index in [4.69, 9.17) is 9.84 Å². The average Bonchev–Trinajstić information content (AvgIpc) is 2.87. The van der Waals surface area contributed by atoms with Crippen LogP contribution < -0.4 is 10.1 Å². The van der Waals surface area contributed by atoms with E-state index in [1.165, 1.54) is 0 Å². The van der Waals surface area contributed by atoms with Gasteiger partial charge in [-0.05, 0) is 51.9 Å². The SMILES string of the molecule is COc1ccccc1NC(=O)C(C)N1CCCC(N(C)CC(=O)O)CC1. The zero-order chi connectivity index (χ0) is 19.1. The summed E-state index contributed by atoms with van der Waals surface area (Å²) in [6.07, 6.45) is 2.75. The topological polar surface area (TPSA) is 82.1 Å². The van der Waals surface area contributed by atoms with Gasteiger partial charge in [0, 0.05) is 12.6 Å². The van der Waals surface area contributed by atoms with Gasteiger partial charge in [0.2, 0.25) is 5.91 Å². The van der Waals surface area contributed by atoms with Gasteiger partial charge in [-0.25, -0.2) is 0 Å². The Hall–Kier alpha value is -2.12. The molecule has 0 aliphatic carbocycles. The molecule has 2 rings (SSSR count). The largest absolute Gasteiger partial charge is 0.495 e. The molecule has 1 aliphatic heterocycles. The zero-order valence-corrected chi connectivity index (χ0v) is 15.8. The zero-order valence-electron chi connectivity index (χ0n) is 15.8. The van der Waals surface area contributed by atoms with E-state index in [9.17, 15) is 9.59 Å². The van der Waals surface area contributed by atoms with Crippen LogP contribution in [0, 0.1) is 0 Å². The van der Waals surface area contributed by atoms with Crippen LogP contribution in [-0.4, -0.2) is 72.7 Å². The molecule has 26 heavy (non-hydrogen) atoms. The number of methoxy groups -OCH3 is 1. The van der Waals surface area contributed by atoms with Crippen molar-refractivity contribution in [3.8, 4) is 5.75 Å². The predicted octanol–water partition coefficient (Wildman–Crippen LogP) is 1.89. The van der Waals surface area contributed by atoms with Crippen LogP contribution in [-0.2, 0) is 9.59 Å². The van der Waals surface area contributed by atoms with Gasteiger partial charge in [0.15, 0.2) is 0 Å². The number of aliphatic carboxylic acids is 1. The number of amides is 1. The number of ether oxygens (including phenoxy) is 1. The van der Waals surface area contributed by atoms with Crippen molar-refractivity contribution >= 4 is 17.6 Å². The van der Waals surface area contributed by atoms with Crippen molar-refractivity contribution in [1.82, 2.24) is 9.80 Å². The Labute approximate surface area is 154 Å². The fourth-order valence-electron chi connectivity index (χ4n) is 3.42. The Balaban J connectivity index is 1.93. The number of hydrogen-bond donors (Lipinski definition) is 2. The molecule has 2 unspecified atom stereocenters. The quantitative estimate of drug-likeness (QED) is 0.770. The van der Waals surface area contributed by atoms with E-state index < -0.39 is 5.97 Å². The van der Waals surface area contributed by atoms with E-state index in [0.717, 1.165) is 32.4 Å². The Morgan fingerprint density at radius 1 is 1.35 bits per heavy atom. The molecule has 1 fully saturated rings. The highest BCUT2D eigenvalue weighted by molar-refractivity contribution is 5.95. The molecule has 1 saturated heterocycles. The highest BCUT2D eigenvalue weighted by Gasteiger charge is 2.27. The second-order valence-electron chi connectivity index (χ2n) is 6.80. The molecule has 2 atom stereocenters. The van der Waals surface area contributed by atoms with Gasteiger partial charge >= 0.3 is 5.97 Å². The number of carbonyl (C=O) groups is 2. The van der Waals surface area contributed by atoms with Gasteiger partial charge in [-0.3, -0.25) is 19.4 Å². The maximum absolute atomic E-state index is 12.7. The van der Waals surface area contributed by atoms with Gasteiger partial charge in [-0.15, -0.1) is 0 Å². The Bertz CT molecular complexity index is 623. The van der Waals surface area contributed by atoms with E-state index in [2.05, 4.69) is 10.2 Å². The number of nitrogens with zero attached hydrogens (tertiary/aromatic N) is 2. The number of para-hydroxylation sites is 2. The van der Waals surface area contributed by atoms with Crippen molar-refractivity contribution in [1.29, 1.82) is 0 Å². The first kappa shape index (κ1) is 20.2. The molecule has 7 nitrogen and oxygen atoms in total. The van der Waals surface area contributed by atoms with E-state index >= 15 is 0 Å². The number of likely N-dealkylation sites (tertiary alicyclic amines) is 1. The highest BCUT2D eigenvalue weighted by Crippen LogP contribution is 2.24. The lowest BCUT2D eigenvalue weighted by molar-refractivity contribution is -0.138. The van der Waals surface area contributed by atoms with Crippen molar-refractivity contribution in [2.75, 3.05) is 39.1 Å². The third-order valence-electron chi connectivity index (χ3n) is 5.03. The predicted molar refractivity (Wildman–Crippen MR) is 101 cm³/mol. The molecule has 1 aliphatic rings. The highest BCUT2D eigenvalue weighted by atomic mass is 16.5. The molecule has 2 N–H and O–H groups in total. The number of nitrogens with one attached hydrogen (secondary N) is 1. The maximum Gasteiger partial charge on any atom is 0.317 e. The minimum absolute atomic E-state index is 0.0501. The van der Waals surface area contributed by atoms with E-state index in [1.54, 1.807) is 7.11 Å². The number of hydrogen-bond acceptors (Lipinski definition) is 5. The number of carboxylic acids is 1. The lowest BCUT2D eigenvalue weighted by Crippen LogP contribution is -2.43. The molecule has 0 aromatic heterocycles. The van der Waals surface area contributed by atoms with E-state index in [0.29, 0.717) is 11.4 Å². The molecule has 144 valence electrons. The number of benzene rings is 1. The van der Waals surface area contributed by atoms with Crippen molar-refractivity contribution in [2.45, 2.75) is 38.3 Å². The molecule has 1 aromatic carbocycles. The summed E-state index contributed by atoms with van der Waals surface area (Å²) in [4.78, 5) is 27.6. The molecule has 0 spiro atoms. The first-order chi connectivity index (χ1) is 12.4. The molecular weight excluding hydrogens is 334 g/mol. The fourth-order valence-corrected chi connectivity index (χ4v) is 3.42.